The van der Waals surface area contributed by atoms with E-state index in [1.807, 2.05) is 0 Å². The Labute approximate surface area is 69.4 Å². The molecule has 0 aliphatic carbocycles. The van der Waals surface area contributed by atoms with E-state index in [0.29, 0.717) is 0 Å². The van der Waals surface area contributed by atoms with Crippen molar-refractivity contribution < 1.29 is 0 Å². The van der Waals surface area contributed by atoms with Crippen LogP contribution in [0.4, 0.5) is 0 Å². The van der Waals surface area contributed by atoms with Crippen molar-refractivity contribution in [3.63, 3.8) is 0 Å². The third kappa shape index (κ3) is 2.89. The van der Waals surface area contributed by atoms with Crippen LogP contribution >= 0.6 is 0 Å². The Morgan fingerprint density at radius 1 is 1.55 bits per heavy atom. The first kappa shape index (κ1) is 8.54. The second kappa shape index (κ2) is 4.35. The van der Waals surface area contributed by atoms with Crippen LogP contribution in [-0.2, 0) is 0 Å². The molecule has 0 unspecified atom stereocenters. The van der Waals surface area contributed by atoms with Crippen LogP contribution in [0.15, 0.2) is 23.8 Å². The summed E-state index contributed by atoms with van der Waals surface area (Å²) < 4.78 is 0. The van der Waals surface area contributed by atoms with E-state index in [1.54, 1.807) is 5.57 Å². The van der Waals surface area contributed by atoms with Crippen molar-refractivity contribution in [3.05, 3.63) is 23.8 Å². The van der Waals surface area contributed by atoms with Crippen LogP contribution in [0.25, 0.3) is 0 Å². The number of likely N-dealkylation sites (N-methyl/N-ethyl adjacent to an activating group) is 1. The Balaban J connectivity index is 2.36. The third-order valence-electron chi connectivity index (χ3n) is 1.99. The molecule has 0 radical (unpaired) electrons. The van der Waals surface area contributed by atoms with Gasteiger partial charge in [-0.2, -0.15) is 0 Å². The maximum absolute atomic E-state index is 2.35. The zero-order valence-corrected chi connectivity index (χ0v) is 7.51. The molecule has 0 aromatic carbocycles. The number of allylic oxidation sites excluding steroid dienone is 3. The van der Waals surface area contributed by atoms with E-state index in [9.17, 15) is 0 Å². The predicted molar refractivity (Wildman–Crippen MR) is 49.6 cm³/mol. The lowest BCUT2D eigenvalue weighted by Crippen LogP contribution is -2.11. The molecule has 1 aliphatic heterocycles. The van der Waals surface area contributed by atoms with Gasteiger partial charge in [0, 0.05) is 13.1 Å². The molecule has 0 aromatic heterocycles. The summed E-state index contributed by atoms with van der Waals surface area (Å²) in [5.74, 6) is 0. The number of likely N-dealkylation sites (tertiary alicyclic amines) is 1. The summed E-state index contributed by atoms with van der Waals surface area (Å²) in [6.45, 7) is 4.55. The number of nitrogens with zero attached hydrogens (tertiary/aromatic N) is 1. The zero-order chi connectivity index (χ0) is 8.10. The quantitative estimate of drug-likeness (QED) is 0.585. The van der Waals surface area contributed by atoms with Gasteiger partial charge >= 0.3 is 0 Å². The Hall–Kier alpha value is -0.560. The molecule has 0 aromatic rings. The normalized spacial score (nSPS) is 24.0. The molecule has 11 heavy (non-hydrogen) atoms. The van der Waals surface area contributed by atoms with Gasteiger partial charge in [-0.1, -0.05) is 30.7 Å². The van der Waals surface area contributed by atoms with Gasteiger partial charge in [-0.05, 0) is 19.9 Å². The van der Waals surface area contributed by atoms with E-state index in [0.717, 1.165) is 13.0 Å². The van der Waals surface area contributed by atoms with Gasteiger partial charge in [0.1, 0.15) is 0 Å². The van der Waals surface area contributed by atoms with E-state index in [2.05, 4.69) is 37.1 Å². The lowest BCUT2D eigenvalue weighted by atomic mass is 10.2. The smallest absolute Gasteiger partial charge is 0.0193 e. The van der Waals surface area contributed by atoms with Crippen molar-refractivity contribution in [2.45, 2.75) is 19.8 Å². The molecule has 1 heteroatoms. The van der Waals surface area contributed by atoms with Gasteiger partial charge in [0.25, 0.3) is 0 Å². The molecule has 0 atom stereocenters. The Kier molecular flexibility index (Phi) is 3.37. The minimum absolute atomic E-state index is 1.14. The summed E-state index contributed by atoms with van der Waals surface area (Å²) >= 11 is 0. The van der Waals surface area contributed by atoms with Crippen LogP contribution in [0.3, 0.4) is 0 Å². The molecule has 1 nitrogen and oxygen atoms in total. The standard InChI is InChI=1S/C10H17N/c1-3-4-5-6-10-7-8-11(2)9-10/h4-6H,3,7-9H2,1-2H3/b5-4-,10-6-. The monoisotopic (exact) mass is 151 g/mol. The zero-order valence-electron chi connectivity index (χ0n) is 7.51. The number of rotatable bonds is 2. The van der Waals surface area contributed by atoms with Gasteiger partial charge in [-0.3, -0.25) is 0 Å². The average Bonchev–Trinajstić information content (AvgIpc) is 2.37. The molecule has 0 saturated carbocycles. The molecule has 0 bridgehead atoms. The van der Waals surface area contributed by atoms with Gasteiger partial charge in [0.2, 0.25) is 0 Å². The second-order valence-electron chi connectivity index (χ2n) is 3.15. The molecule has 1 rings (SSSR count). The summed E-state index contributed by atoms with van der Waals surface area (Å²) in [5.41, 5.74) is 1.57. The Bertz CT molecular complexity index is 168. The summed E-state index contributed by atoms with van der Waals surface area (Å²) in [7, 11) is 2.17. The summed E-state index contributed by atoms with van der Waals surface area (Å²) in [4.78, 5) is 2.35. The molecule has 0 amide bonds. The largest absolute Gasteiger partial charge is 0.302 e. The van der Waals surface area contributed by atoms with E-state index in [-0.39, 0.29) is 0 Å². The average molecular weight is 151 g/mol. The third-order valence-corrected chi connectivity index (χ3v) is 1.99. The van der Waals surface area contributed by atoms with Crippen molar-refractivity contribution in [2.75, 3.05) is 20.1 Å². The second-order valence-corrected chi connectivity index (χ2v) is 3.15. The van der Waals surface area contributed by atoms with Crippen LogP contribution in [0, 0.1) is 0 Å². The van der Waals surface area contributed by atoms with Gasteiger partial charge in [0.05, 0.1) is 0 Å². The SMILES string of the molecule is CC/C=C\C=C1\CCN(C)C1. The van der Waals surface area contributed by atoms with Crippen LogP contribution in [0.1, 0.15) is 19.8 Å². The molecule has 1 fully saturated rings. The summed E-state index contributed by atoms with van der Waals surface area (Å²) in [6, 6.07) is 0. The summed E-state index contributed by atoms with van der Waals surface area (Å²) in [5, 5.41) is 0. The minimum Gasteiger partial charge on any atom is -0.302 e. The highest BCUT2D eigenvalue weighted by molar-refractivity contribution is 5.16. The first-order chi connectivity index (χ1) is 5.33. The fraction of sp³-hybridized carbons (Fsp3) is 0.600. The van der Waals surface area contributed by atoms with Crippen molar-refractivity contribution in [1.82, 2.24) is 4.90 Å². The highest BCUT2D eigenvalue weighted by atomic mass is 15.1. The van der Waals surface area contributed by atoms with Crippen molar-refractivity contribution >= 4 is 0 Å². The molecule has 0 N–H and O–H groups in total. The van der Waals surface area contributed by atoms with Gasteiger partial charge in [0.15, 0.2) is 0 Å². The van der Waals surface area contributed by atoms with Crippen LogP contribution in [0.5, 0.6) is 0 Å². The Morgan fingerprint density at radius 2 is 2.36 bits per heavy atom. The topological polar surface area (TPSA) is 3.24 Å². The lowest BCUT2D eigenvalue weighted by molar-refractivity contribution is 0.425. The van der Waals surface area contributed by atoms with Crippen LogP contribution in [-0.4, -0.2) is 25.0 Å². The van der Waals surface area contributed by atoms with Crippen LogP contribution < -0.4 is 0 Å². The maximum Gasteiger partial charge on any atom is 0.0193 e. The molecular weight excluding hydrogens is 134 g/mol. The first-order valence-corrected chi connectivity index (χ1v) is 4.36. The van der Waals surface area contributed by atoms with E-state index in [1.165, 1.54) is 13.0 Å². The van der Waals surface area contributed by atoms with E-state index >= 15 is 0 Å². The molecule has 1 heterocycles. The first-order valence-electron chi connectivity index (χ1n) is 4.36. The molecule has 62 valence electrons. The Morgan fingerprint density at radius 3 is 2.91 bits per heavy atom. The number of hydrogen-bond acceptors (Lipinski definition) is 1. The van der Waals surface area contributed by atoms with Crippen molar-refractivity contribution in [3.8, 4) is 0 Å². The fourth-order valence-corrected chi connectivity index (χ4v) is 1.32. The number of hydrogen-bond donors (Lipinski definition) is 0. The highest BCUT2D eigenvalue weighted by Crippen LogP contribution is 2.12. The van der Waals surface area contributed by atoms with Crippen LogP contribution in [0.2, 0.25) is 0 Å². The van der Waals surface area contributed by atoms with Gasteiger partial charge < -0.3 is 4.90 Å². The predicted octanol–water partition coefficient (Wildman–Crippen LogP) is 2.21. The lowest BCUT2D eigenvalue weighted by Gasteiger charge is -2.01. The van der Waals surface area contributed by atoms with Gasteiger partial charge in [-0.25, -0.2) is 0 Å². The molecular formula is C10H17N. The minimum atomic E-state index is 1.14. The van der Waals surface area contributed by atoms with Crippen molar-refractivity contribution in [1.29, 1.82) is 0 Å². The highest BCUT2D eigenvalue weighted by Gasteiger charge is 2.10. The molecule has 1 saturated heterocycles. The summed E-state index contributed by atoms with van der Waals surface area (Å²) in [6.07, 6.45) is 9.02. The molecule has 0 spiro atoms. The van der Waals surface area contributed by atoms with Gasteiger partial charge in [-0.15, -0.1) is 0 Å². The van der Waals surface area contributed by atoms with E-state index in [4.69, 9.17) is 0 Å². The fourth-order valence-electron chi connectivity index (χ4n) is 1.32. The van der Waals surface area contributed by atoms with Crippen molar-refractivity contribution in [2.24, 2.45) is 0 Å². The molecule has 1 aliphatic rings. The van der Waals surface area contributed by atoms with E-state index < -0.39 is 0 Å². The maximum atomic E-state index is 2.35.